The Kier molecular flexibility index (Phi) is 4.68. The number of nitrogens with zero attached hydrogens (tertiary/aromatic N) is 1. The van der Waals surface area contributed by atoms with Crippen molar-refractivity contribution in [2.24, 2.45) is 5.92 Å². The predicted octanol–water partition coefficient (Wildman–Crippen LogP) is 2.89. The van der Waals surface area contributed by atoms with E-state index in [0.717, 1.165) is 17.7 Å². The standard InChI is InChI=1S/C17H19Cl2N3O3/c1-9(12-6-5-11(18)7-13(12)19)20-14(23)8-22-15(24)17(2,10-3-4-10)21-16(22)25/h5-7,9-10H,3-4,8H2,1-2H3,(H,20,23)(H,21,25)/t9-,17+/m1/s1. The van der Waals surface area contributed by atoms with Crippen molar-refractivity contribution in [2.45, 2.75) is 38.3 Å². The predicted molar refractivity (Wildman–Crippen MR) is 94.4 cm³/mol. The quantitative estimate of drug-likeness (QED) is 0.767. The lowest BCUT2D eigenvalue weighted by molar-refractivity contribution is -0.135. The lowest BCUT2D eigenvalue weighted by Crippen LogP contribution is -2.47. The second-order valence-corrected chi connectivity index (χ2v) is 7.60. The van der Waals surface area contributed by atoms with E-state index in [1.807, 2.05) is 0 Å². The van der Waals surface area contributed by atoms with Crippen molar-refractivity contribution in [1.82, 2.24) is 15.5 Å². The van der Waals surface area contributed by atoms with Crippen LogP contribution < -0.4 is 10.6 Å². The Morgan fingerprint density at radius 1 is 1.40 bits per heavy atom. The molecule has 1 aromatic carbocycles. The number of rotatable bonds is 5. The second kappa shape index (κ2) is 6.50. The van der Waals surface area contributed by atoms with Gasteiger partial charge in [0.1, 0.15) is 12.1 Å². The van der Waals surface area contributed by atoms with Gasteiger partial charge in [0, 0.05) is 10.0 Å². The Morgan fingerprint density at radius 2 is 2.08 bits per heavy atom. The van der Waals surface area contributed by atoms with Crippen LogP contribution in [0, 0.1) is 5.92 Å². The second-order valence-electron chi connectivity index (χ2n) is 6.75. The molecule has 1 aliphatic carbocycles. The van der Waals surface area contributed by atoms with Gasteiger partial charge in [-0.3, -0.25) is 14.5 Å². The van der Waals surface area contributed by atoms with Crippen molar-refractivity contribution in [3.63, 3.8) is 0 Å². The maximum atomic E-state index is 12.5. The summed E-state index contributed by atoms with van der Waals surface area (Å²) in [5, 5.41) is 6.42. The van der Waals surface area contributed by atoms with E-state index < -0.39 is 17.5 Å². The van der Waals surface area contributed by atoms with E-state index in [1.54, 1.807) is 32.0 Å². The zero-order chi connectivity index (χ0) is 18.4. The summed E-state index contributed by atoms with van der Waals surface area (Å²) in [6, 6.07) is 4.11. The van der Waals surface area contributed by atoms with E-state index in [0.29, 0.717) is 15.6 Å². The highest BCUT2D eigenvalue weighted by molar-refractivity contribution is 6.35. The fourth-order valence-corrected chi connectivity index (χ4v) is 3.73. The van der Waals surface area contributed by atoms with Crippen molar-refractivity contribution >= 4 is 41.0 Å². The summed E-state index contributed by atoms with van der Waals surface area (Å²) in [6.45, 7) is 3.18. The number of imide groups is 1. The van der Waals surface area contributed by atoms with Crippen LogP contribution >= 0.6 is 23.2 Å². The van der Waals surface area contributed by atoms with E-state index in [9.17, 15) is 14.4 Å². The van der Waals surface area contributed by atoms with Gasteiger partial charge in [-0.1, -0.05) is 29.3 Å². The van der Waals surface area contributed by atoms with Crippen molar-refractivity contribution < 1.29 is 14.4 Å². The minimum absolute atomic E-state index is 0.156. The van der Waals surface area contributed by atoms with Gasteiger partial charge in [-0.2, -0.15) is 0 Å². The number of halogens is 2. The number of carbonyl (C=O) groups is 3. The molecule has 1 aromatic rings. The number of benzene rings is 1. The first-order valence-electron chi connectivity index (χ1n) is 8.11. The molecule has 3 rings (SSSR count). The monoisotopic (exact) mass is 383 g/mol. The smallest absolute Gasteiger partial charge is 0.325 e. The third kappa shape index (κ3) is 3.46. The molecule has 2 aliphatic rings. The lowest BCUT2D eigenvalue weighted by atomic mass is 9.96. The van der Waals surface area contributed by atoms with Gasteiger partial charge < -0.3 is 10.6 Å². The first kappa shape index (κ1) is 18.0. The molecule has 0 unspecified atom stereocenters. The number of hydrogen-bond acceptors (Lipinski definition) is 3. The number of carbonyl (C=O) groups excluding carboxylic acids is 3. The van der Waals surface area contributed by atoms with Gasteiger partial charge in [0.2, 0.25) is 5.91 Å². The highest BCUT2D eigenvalue weighted by Gasteiger charge is 2.56. The average molecular weight is 384 g/mol. The van der Waals surface area contributed by atoms with Gasteiger partial charge in [-0.25, -0.2) is 4.79 Å². The summed E-state index contributed by atoms with van der Waals surface area (Å²) in [7, 11) is 0. The van der Waals surface area contributed by atoms with E-state index >= 15 is 0 Å². The highest BCUT2D eigenvalue weighted by atomic mass is 35.5. The third-order valence-corrected chi connectivity index (χ3v) is 5.37. The van der Waals surface area contributed by atoms with Gasteiger partial charge in [-0.05, 0) is 50.3 Å². The van der Waals surface area contributed by atoms with Crippen molar-refractivity contribution in [2.75, 3.05) is 6.54 Å². The molecule has 0 aromatic heterocycles. The van der Waals surface area contributed by atoms with E-state index in [4.69, 9.17) is 23.2 Å². The van der Waals surface area contributed by atoms with E-state index in [2.05, 4.69) is 10.6 Å². The zero-order valence-electron chi connectivity index (χ0n) is 13.9. The molecule has 6 nitrogen and oxygen atoms in total. The van der Waals surface area contributed by atoms with E-state index in [-0.39, 0.29) is 24.4 Å². The SMILES string of the molecule is C[C@@H](NC(=O)CN1C(=O)N[C@@](C)(C2CC2)C1=O)c1ccc(Cl)cc1Cl. The first-order chi connectivity index (χ1) is 11.7. The maximum Gasteiger partial charge on any atom is 0.325 e. The number of nitrogens with one attached hydrogen (secondary N) is 2. The summed E-state index contributed by atoms with van der Waals surface area (Å²) in [4.78, 5) is 37.9. The van der Waals surface area contributed by atoms with Gasteiger partial charge in [-0.15, -0.1) is 0 Å². The Labute approximate surface area is 155 Å². The Bertz CT molecular complexity index is 751. The summed E-state index contributed by atoms with van der Waals surface area (Å²) in [6.07, 6.45) is 1.82. The minimum atomic E-state index is -0.886. The molecule has 134 valence electrons. The topological polar surface area (TPSA) is 78.5 Å². The molecule has 0 bridgehead atoms. The van der Waals surface area contributed by atoms with Crippen molar-refractivity contribution in [1.29, 1.82) is 0 Å². The number of hydrogen-bond donors (Lipinski definition) is 2. The summed E-state index contributed by atoms with van der Waals surface area (Å²) < 4.78 is 0. The summed E-state index contributed by atoms with van der Waals surface area (Å²) in [5.74, 6) is -0.613. The van der Waals surface area contributed by atoms with Crippen LogP contribution in [0.25, 0.3) is 0 Å². The molecule has 0 radical (unpaired) electrons. The molecule has 1 heterocycles. The van der Waals surface area contributed by atoms with Crippen LogP contribution in [0.5, 0.6) is 0 Å². The van der Waals surface area contributed by atoms with Crippen LogP contribution in [-0.4, -0.2) is 34.8 Å². The summed E-state index contributed by atoms with van der Waals surface area (Å²) in [5.41, 5.74) is -0.179. The number of urea groups is 1. The first-order valence-corrected chi connectivity index (χ1v) is 8.86. The van der Waals surface area contributed by atoms with Crippen LogP contribution in [0.3, 0.4) is 0 Å². The molecule has 0 spiro atoms. The maximum absolute atomic E-state index is 12.5. The largest absolute Gasteiger partial charge is 0.348 e. The molecule has 8 heteroatoms. The normalized spacial score (nSPS) is 24.2. The molecule has 1 saturated carbocycles. The van der Waals surface area contributed by atoms with Gasteiger partial charge in [0.25, 0.3) is 5.91 Å². The molecule has 25 heavy (non-hydrogen) atoms. The lowest BCUT2D eigenvalue weighted by Gasteiger charge is -2.21. The summed E-state index contributed by atoms with van der Waals surface area (Å²) >= 11 is 12.0. The fraction of sp³-hybridized carbons (Fsp3) is 0.471. The fourth-order valence-electron chi connectivity index (χ4n) is 3.16. The molecular weight excluding hydrogens is 365 g/mol. The van der Waals surface area contributed by atoms with Gasteiger partial charge in [0.05, 0.1) is 6.04 Å². The van der Waals surface area contributed by atoms with Gasteiger partial charge >= 0.3 is 6.03 Å². The Balaban J connectivity index is 1.64. The Hall–Kier alpha value is -1.79. The molecule has 2 atom stereocenters. The van der Waals surface area contributed by atoms with Crippen LogP contribution in [-0.2, 0) is 9.59 Å². The zero-order valence-corrected chi connectivity index (χ0v) is 15.4. The van der Waals surface area contributed by atoms with Crippen LogP contribution in [0.2, 0.25) is 10.0 Å². The van der Waals surface area contributed by atoms with E-state index in [1.165, 1.54) is 0 Å². The third-order valence-electron chi connectivity index (χ3n) is 4.80. The molecular formula is C17H19Cl2N3O3. The molecule has 1 aliphatic heterocycles. The molecule has 2 N–H and O–H groups in total. The van der Waals surface area contributed by atoms with Gasteiger partial charge in [0.15, 0.2) is 0 Å². The molecule has 4 amide bonds. The molecule has 2 fully saturated rings. The van der Waals surface area contributed by atoms with Crippen LogP contribution in [0.15, 0.2) is 18.2 Å². The van der Waals surface area contributed by atoms with Crippen LogP contribution in [0.4, 0.5) is 4.79 Å². The van der Waals surface area contributed by atoms with Crippen molar-refractivity contribution in [3.05, 3.63) is 33.8 Å². The average Bonchev–Trinajstić information content (AvgIpc) is 3.33. The minimum Gasteiger partial charge on any atom is -0.348 e. The number of amides is 4. The van der Waals surface area contributed by atoms with Crippen molar-refractivity contribution in [3.8, 4) is 0 Å². The Morgan fingerprint density at radius 3 is 2.68 bits per heavy atom. The van der Waals surface area contributed by atoms with Crippen LogP contribution in [0.1, 0.15) is 38.3 Å². The molecule has 1 saturated heterocycles. The highest BCUT2D eigenvalue weighted by Crippen LogP contribution is 2.42.